The van der Waals surface area contributed by atoms with Crippen LogP contribution in [-0.2, 0) is 6.54 Å². The predicted molar refractivity (Wildman–Crippen MR) is 75.6 cm³/mol. The van der Waals surface area contributed by atoms with Gasteiger partial charge < -0.3 is 20.3 Å². The van der Waals surface area contributed by atoms with E-state index in [2.05, 4.69) is 10.6 Å². The number of anilines is 1. The summed E-state index contributed by atoms with van der Waals surface area (Å²) in [5.74, 6) is 0.894. The van der Waals surface area contributed by atoms with Gasteiger partial charge in [0.15, 0.2) is 0 Å². The molecule has 0 aromatic heterocycles. The van der Waals surface area contributed by atoms with Crippen molar-refractivity contribution in [3.05, 3.63) is 23.8 Å². The average Bonchev–Trinajstić information content (AvgIpc) is 2.64. The molecule has 0 fully saturated rings. The highest BCUT2D eigenvalue weighted by molar-refractivity contribution is 5.89. The first kappa shape index (κ1) is 13.7. The monoisotopic (exact) mass is 263 g/mol. The van der Waals surface area contributed by atoms with Crippen LogP contribution in [0.3, 0.4) is 0 Å². The van der Waals surface area contributed by atoms with Crippen LogP contribution in [0, 0.1) is 0 Å². The van der Waals surface area contributed by atoms with E-state index in [1.165, 1.54) is 0 Å². The van der Waals surface area contributed by atoms with Crippen LogP contribution in [0.15, 0.2) is 18.2 Å². The zero-order valence-electron chi connectivity index (χ0n) is 11.5. The maximum absolute atomic E-state index is 12.0. The van der Waals surface area contributed by atoms with Gasteiger partial charge in [-0.25, -0.2) is 4.79 Å². The Kier molecular flexibility index (Phi) is 4.63. The first-order valence-electron chi connectivity index (χ1n) is 6.77. The number of benzene rings is 1. The van der Waals surface area contributed by atoms with Gasteiger partial charge in [0.1, 0.15) is 12.4 Å². The highest BCUT2D eigenvalue weighted by Gasteiger charge is 2.12. The molecule has 2 N–H and O–H groups in total. The van der Waals surface area contributed by atoms with Crippen LogP contribution in [0.2, 0.25) is 0 Å². The van der Waals surface area contributed by atoms with Crippen molar-refractivity contribution in [1.29, 1.82) is 0 Å². The van der Waals surface area contributed by atoms with Crippen molar-refractivity contribution in [2.24, 2.45) is 0 Å². The molecule has 0 saturated carbocycles. The van der Waals surface area contributed by atoms with Gasteiger partial charge in [-0.15, -0.1) is 0 Å². The van der Waals surface area contributed by atoms with Crippen LogP contribution in [0.5, 0.6) is 5.75 Å². The summed E-state index contributed by atoms with van der Waals surface area (Å²) in [6.45, 7) is 7.64. The number of carbonyl (C=O) groups excluding carboxylic acids is 1. The Morgan fingerprint density at radius 1 is 1.42 bits per heavy atom. The number of rotatable bonds is 3. The van der Waals surface area contributed by atoms with E-state index in [-0.39, 0.29) is 6.03 Å². The van der Waals surface area contributed by atoms with Crippen LogP contribution in [0.25, 0.3) is 0 Å². The first-order valence-corrected chi connectivity index (χ1v) is 6.77. The standard InChI is InChI=1S/C14H21N3O2/c1-3-17(4-2)14(18)16-12-5-6-13-11(9-12)10-15-7-8-19-13/h5-6,9,15H,3-4,7-8,10H2,1-2H3,(H,16,18). The molecule has 0 unspecified atom stereocenters. The van der Waals surface area contributed by atoms with Crippen LogP contribution in [0.1, 0.15) is 19.4 Å². The molecule has 104 valence electrons. The van der Waals surface area contributed by atoms with E-state index in [9.17, 15) is 4.79 Å². The number of urea groups is 1. The summed E-state index contributed by atoms with van der Waals surface area (Å²) in [5.41, 5.74) is 1.89. The van der Waals surface area contributed by atoms with Crippen molar-refractivity contribution in [2.75, 3.05) is 31.6 Å². The van der Waals surface area contributed by atoms with E-state index in [4.69, 9.17) is 4.74 Å². The number of fused-ring (bicyclic) bond motifs is 1. The molecule has 0 spiro atoms. The summed E-state index contributed by atoms with van der Waals surface area (Å²) in [6, 6.07) is 5.70. The van der Waals surface area contributed by atoms with Gasteiger partial charge in [0.25, 0.3) is 0 Å². The minimum absolute atomic E-state index is 0.0625. The molecule has 0 saturated heterocycles. The zero-order valence-corrected chi connectivity index (χ0v) is 11.5. The molecule has 19 heavy (non-hydrogen) atoms. The maximum atomic E-state index is 12.0. The molecule has 1 aliphatic heterocycles. The lowest BCUT2D eigenvalue weighted by Gasteiger charge is -2.19. The lowest BCUT2D eigenvalue weighted by molar-refractivity contribution is 0.217. The van der Waals surface area contributed by atoms with Crippen molar-refractivity contribution < 1.29 is 9.53 Å². The Labute approximate surface area is 113 Å². The molecule has 5 nitrogen and oxygen atoms in total. The SMILES string of the molecule is CCN(CC)C(=O)Nc1ccc2c(c1)CNCCO2. The Morgan fingerprint density at radius 2 is 2.21 bits per heavy atom. The van der Waals surface area contributed by atoms with Gasteiger partial charge in [-0.05, 0) is 32.0 Å². The zero-order chi connectivity index (χ0) is 13.7. The van der Waals surface area contributed by atoms with Gasteiger partial charge in [-0.3, -0.25) is 0 Å². The quantitative estimate of drug-likeness (QED) is 0.877. The predicted octanol–water partition coefficient (Wildman–Crippen LogP) is 2.04. The Morgan fingerprint density at radius 3 is 2.95 bits per heavy atom. The lowest BCUT2D eigenvalue weighted by atomic mass is 10.1. The van der Waals surface area contributed by atoms with Gasteiger partial charge in [0.05, 0.1) is 0 Å². The molecular weight excluding hydrogens is 242 g/mol. The molecule has 1 aromatic carbocycles. The largest absolute Gasteiger partial charge is 0.492 e. The number of carbonyl (C=O) groups is 1. The van der Waals surface area contributed by atoms with Crippen LogP contribution >= 0.6 is 0 Å². The summed E-state index contributed by atoms with van der Waals surface area (Å²) in [5, 5.41) is 6.20. The molecular formula is C14H21N3O2. The topological polar surface area (TPSA) is 53.6 Å². The van der Waals surface area contributed by atoms with Crippen molar-refractivity contribution in [2.45, 2.75) is 20.4 Å². The fourth-order valence-corrected chi connectivity index (χ4v) is 2.11. The third-order valence-electron chi connectivity index (χ3n) is 3.21. The van der Waals surface area contributed by atoms with E-state index in [0.717, 1.165) is 30.1 Å². The number of hydrogen-bond donors (Lipinski definition) is 2. The van der Waals surface area contributed by atoms with E-state index in [0.29, 0.717) is 19.7 Å². The first-order chi connectivity index (χ1) is 9.24. The van der Waals surface area contributed by atoms with Crippen LogP contribution in [-0.4, -0.2) is 37.2 Å². The average molecular weight is 263 g/mol. The number of nitrogens with one attached hydrogen (secondary N) is 2. The summed E-state index contributed by atoms with van der Waals surface area (Å²) < 4.78 is 5.61. The number of hydrogen-bond acceptors (Lipinski definition) is 3. The normalized spacial score (nSPS) is 14.0. The fourth-order valence-electron chi connectivity index (χ4n) is 2.11. The molecule has 1 aromatic rings. The van der Waals surface area contributed by atoms with Gasteiger partial charge in [0, 0.05) is 37.4 Å². The third kappa shape index (κ3) is 3.38. The molecule has 2 rings (SSSR count). The van der Waals surface area contributed by atoms with Crippen LogP contribution < -0.4 is 15.4 Å². The van der Waals surface area contributed by atoms with E-state index < -0.39 is 0 Å². The molecule has 1 heterocycles. The highest BCUT2D eigenvalue weighted by atomic mass is 16.5. The third-order valence-corrected chi connectivity index (χ3v) is 3.21. The second-order valence-corrected chi connectivity index (χ2v) is 4.45. The maximum Gasteiger partial charge on any atom is 0.321 e. The molecule has 0 atom stereocenters. The minimum Gasteiger partial charge on any atom is -0.492 e. The summed E-state index contributed by atoms with van der Waals surface area (Å²) in [6.07, 6.45) is 0. The fraction of sp³-hybridized carbons (Fsp3) is 0.500. The molecule has 1 aliphatic rings. The van der Waals surface area contributed by atoms with Crippen LogP contribution in [0.4, 0.5) is 10.5 Å². The molecule has 2 amide bonds. The molecule has 5 heteroatoms. The number of ether oxygens (including phenoxy) is 1. The summed E-state index contributed by atoms with van der Waals surface area (Å²) >= 11 is 0. The van der Waals surface area contributed by atoms with Crippen molar-refractivity contribution in [1.82, 2.24) is 10.2 Å². The Hall–Kier alpha value is -1.75. The van der Waals surface area contributed by atoms with Gasteiger partial charge >= 0.3 is 6.03 Å². The highest BCUT2D eigenvalue weighted by Crippen LogP contribution is 2.24. The lowest BCUT2D eigenvalue weighted by Crippen LogP contribution is -2.34. The van der Waals surface area contributed by atoms with Gasteiger partial charge in [-0.2, -0.15) is 0 Å². The second-order valence-electron chi connectivity index (χ2n) is 4.45. The molecule has 0 bridgehead atoms. The van der Waals surface area contributed by atoms with Crippen molar-refractivity contribution in [3.8, 4) is 5.75 Å². The smallest absolute Gasteiger partial charge is 0.321 e. The summed E-state index contributed by atoms with van der Waals surface area (Å²) in [7, 11) is 0. The van der Waals surface area contributed by atoms with Crippen molar-refractivity contribution >= 4 is 11.7 Å². The van der Waals surface area contributed by atoms with E-state index >= 15 is 0 Å². The van der Waals surface area contributed by atoms with E-state index in [1.54, 1.807) is 4.90 Å². The summed E-state index contributed by atoms with van der Waals surface area (Å²) in [4.78, 5) is 13.7. The Bertz CT molecular complexity index is 444. The minimum atomic E-state index is -0.0625. The number of amides is 2. The van der Waals surface area contributed by atoms with Gasteiger partial charge in [-0.1, -0.05) is 0 Å². The van der Waals surface area contributed by atoms with E-state index in [1.807, 2.05) is 32.0 Å². The van der Waals surface area contributed by atoms with Crippen molar-refractivity contribution in [3.63, 3.8) is 0 Å². The second kappa shape index (κ2) is 6.43. The molecule has 0 radical (unpaired) electrons. The van der Waals surface area contributed by atoms with Gasteiger partial charge in [0.2, 0.25) is 0 Å². The number of nitrogens with zero attached hydrogens (tertiary/aromatic N) is 1. The molecule has 0 aliphatic carbocycles. The Balaban J connectivity index is 2.09.